The lowest BCUT2D eigenvalue weighted by atomic mass is 10.9. The average Bonchev–Trinajstić information content (AvgIpc) is 1.68. The predicted octanol–water partition coefficient (Wildman–Crippen LogP) is 1.05. The Hall–Kier alpha value is -0.180. The van der Waals surface area contributed by atoms with Crippen molar-refractivity contribution < 1.29 is 4.74 Å². The number of hydrogen-bond acceptors (Lipinski definition) is 2. The van der Waals surface area contributed by atoms with Gasteiger partial charge in [-0.2, -0.15) is 0 Å². The highest BCUT2D eigenvalue weighted by Crippen LogP contribution is 2.00. The van der Waals surface area contributed by atoms with E-state index in [4.69, 9.17) is 4.74 Å². The molecule has 0 amide bonds. The molecule has 0 aliphatic heterocycles. The summed E-state index contributed by atoms with van der Waals surface area (Å²) in [6, 6.07) is 0. The van der Waals surface area contributed by atoms with Crippen molar-refractivity contribution in [2.45, 2.75) is 0 Å². The van der Waals surface area contributed by atoms with Crippen molar-refractivity contribution in [3.05, 3.63) is 10.9 Å². The molecule has 0 spiro atoms. The van der Waals surface area contributed by atoms with Crippen LogP contribution in [-0.4, -0.2) is 14.2 Å². The van der Waals surface area contributed by atoms with Gasteiger partial charge in [0.25, 0.3) is 0 Å². The number of halogens is 1. The smallest absolute Gasteiger partial charge is 0.177 e. The molecule has 0 aliphatic carbocycles. The Kier molecular flexibility index (Phi) is 3.89. The molecular weight excluding hydrogens is 158 g/mol. The maximum atomic E-state index is 4.71. The third-order valence-corrected chi connectivity index (χ3v) is 1.01. The molecule has 0 aromatic rings. The van der Waals surface area contributed by atoms with E-state index in [1.54, 1.807) is 20.4 Å². The zero-order valence-electron chi connectivity index (χ0n) is 4.36. The summed E-state index contributed by atoms with van der Waals surface area (Å²) in [5, 5.41) is 2.78. The Morgan fingerprint density at radius 3 is 2.57 bits per heavy atom. The lowest BCUT2D eigenvalue weighted by Crippen LogP contribution is -1.93. The number of ether oxygens (including phenoxy) is 1. The Labute approximate surface area is 51.7 Å². The Morgan fingerprint density at radius 2 is 2.43 bits per heavy atom. The minimum atomic E-state index is 0.704. The van der Waals surface area contributed by atoms with Gasteiger partial charge in [0.1, 0.15) is 0 Å². The minimum Gasteiger partial charge on any atom is -0.488 e. The zero-order valence-corrected chi connectivity index (χ0v) is 5.95. The highest BCUT2D eigenvalue weighted by molar-refractivity contribution is 9.11. The third-order valence-electron chi connectivity index (χ3n) is 0.453. The monoisotopic (exact) mass is 165 g/mol. The van der Waals surface area contributed by atoms with Gasteiger partial charge in [-0.1, -0.05) is 0 Å². The summed E-state index contributed by atoms with van der Waals surface area (Å²) >= 11 is 3.11. The van der Waals surface area contributed by atoms with Gasteiger partial charge in [-0.25, -0.2) is 0 Å². The first-order valence-corrected chi connectivity index (χ1v) is 2.67. The van der Waals surface area contributed by atoms with E-state index in [1.807, 2.05) is 0 Å². The van der Waals surface area contributed by atoms with Gasteiger partial charge >= 0.3 is 0 Å². The molecule has 0 aromatic heterocycles. The average molecular weight is 166 g/mol. The van der Waals surface area contributed by atoms with Crippen LogP contribution in [0.15, 0.2) is 10.9 Å². The second-order valence-corrected chi connectivity index (χ2v) is 1.72. The molecule has 1 N–H and O–H groups in total. The molecule has 0 atom stereocenters. The Morgan fingerprint density at radius 1 is 1.86 bits per heavy atom. The Balaban J connectivity index is 3.29. The highest BCUT2D eigenvalue weighted by atomic mass is 79.9. The first-order chi connectivity index (χ1) is 3.31. The maximum absolute atomic E-state index is 4.71. The molecule has 0 aliphatic rings. The quantitative estimate of drug-likeness (QED) is 0.619. The number of rotatable bonds is 2. The SMILES string of the molecule is CN/C=C(/Br)OC. The molecule has 3 heteroatoms. The normalized spacial score (nSPS) is 11.0. The summed E-state index contributed by atoms with van der Waals surface area (Å²) < 4.78 is 5.41. The second-order valence-electron chi connectivity index (χ2n) is 0.941. The largest absolute Gasteiger partial charge is 0.488 e. The molecule has 0 fully saturated rings. The lowest BCUT2D eigenvalue weighted by Gasteiger charge is -1.92. The van der Waals surface area contributed by atoms with Crippen LogP contribution in [0.25, 0.3) is 0 Å². The zero-order chi connectivity index (χ0) is 5.70. The van der Waals surface area contributed by atoms with Gasteiger partial charge < -0.3 is 10.1 Å². The molecule has 7 heavy (non-hydrogen) atoms. The van der Waals surface area contributed by atoms with Gasteiger partial charge in [-0.05, 0) is 15.9 Å². The van der Waals surface area contributed by atoms with Gasteiger partial charge in [0.05, 0.1) is 7.11 Å². The van der Waals surface area contributed by atoms with Crippen LogP contribution < -0.4 is 5.32 Å². The van der Waals surface area contributed by atoms with E-state index in [-0.39, 0.29) is 0 Å². The van der Waals surface area contributed by atoms with E-state index >= 15 is 0 Å². The molecule has 0 rings (SSSR count). The van der Waals surface area contributed by atoms with E-state index in [0.717, 1.165) is 0 Å². The summed E-state index contributed by atoms with van der Waals surface area (Å²) in [6.07, 6.45) is 1.71. The van der Waals surface area contributed by atoms with Crippen molar-refractivity contribution in [3.8, 4) is 0 Å². The molecule has 0 aromatic carbocycles. The fraction of sp³-hybridized carbons (Fsp3) is 0.500. The summed E-state index contributed by atoms with van der Waals surface area (Å²) in [7, 11) is 3.40. The summed E-state index contributed by atoms with van der Waals surface area (Å²) in [6.45, 7) is 0. The molecule has 0 saturated heterocycles. The van der Waals surface area contributed by atoms with Crippen LogP contribution in [0.1, 0.15) is 0 Å². The Bertz CT molecular complexity index is 72.1. The fourth-order valence-electron chi connectivity index (χ4n) is 0.172. The van der Waals surface area contributed by atoms with Crippen molar-refractivity contribution in [3.63, 3.8) is 0 Å². The van der Waals surface area contributed by atoms with Crippen molar-refractivity contribution in [1.82, 2.24) is 5.32 Å². The van der Waals surface area contributed by atoms with Gasteiger partial charge in [0, 0.05) is 13.2 Å². The van der Waals surface area contributed by atoms with E-state index in [2.05, 4.69) is 21.2 Å². The van der Waals surface area contributed by atoms with Crippen LogP contribution in [0.2, 0.25) is 0 Å². The summed E-state index contributed by atoms with van der Waals surface area (Å²) in [5.41, 5.74) is 0. The summed E-state index contributed by atoms with van der Waals surface area (Å²) in [5.74, 6) is 0. The number of nitrogens with one attached hydrogen (secondary N) is 1. The van der Waals surface area contributed by atoms with Crippen LogP contribution in [0.4, 0.5) is 0 Å². The van der Waals surface area contributed by atoms with E-state index in [0.29, 0.717) is 4.67 Å². The second kappa shape index (κ2) is 3.99. The topological polar surface area (TPSA) is 21.3 Å². The van der Waals surface area contributed by atoms with Gasteiger partial charge in [-0.3, -0.25) is 0 Å². The predicted molar refractivity (Wildman–Crippen MR) is 33.1 cm³/mol. The van der Waals surface area contributed by atoms with Crippen LogP contribution in [0, 0.1) is 0 Å². The molecule has 0 bridgehead atoms. The van der Waals surface area contributed by atoms with Crippen LogP contribution >= 0.6 is 15.9 Å². The molecule has 0 heterocycles. The van der Waals surface area contributed by atoms with Gasteiger partial charge in [0.2, 0.25) is 0 Å². The maximum Gasteiger partial charge on any atom is 0.177 e. The van der Waals surface area contributed by atoms with Crippen molar-refractivity contribution in [2.75, 3.05) is 14.2 Å². The first kappa shape index (κ1) is 6.82. The minimum absolute atomic E-state index is 0.704. The summed E-state index contributed by atoms with van der Waals surface area (Å²) in [4.78, 5) is 0. The fourth-order valence-corrected chi connectivity index (χ4v) is 0.401. The van der Waals surface area contributed by atoms with Crippen LogP contribution in [0.3, 0.4) is 0 Å². The van der Waals surface area contributed by atoms with E-state index in [1.165, 1.54) is 0 Å². The van der Waals surface area contributed by atoms with E-state index in [9.17, 15) is 0 Å². The van der Waals surface area contributed by atoms with Crippen LogP contribution in [0.5, 0.6) is 0 Å². The van der Waals surface area contributed by atoms with Crippen molar-refractivity contribution in [2.24, 2.45) is 0 Å². The number of hydrogen-bond donors (Lipinski definition) is 1. The lowest BCUT2D eigenvalue weighted by molar-refractivity contribution is 0.325. The van der Waals surface area contributed by atoms with Gasteiger partial charge in [-0.15, -0.1) is 0 Å². The van der Waals surface area contributed by atoms with Crippen molar-refractivity contribution >= 4 is 15.9 Å². The van der Waals surface area contributed by atoms with E-state index < -0.39 is 0 Å². The molecule has 2 nitrogen and oxygen atoms in total. The molecular formula is C4H8BrNO. The molecule has 42 valence electrons. The molecule has 0 unspecified atom stereocenters. The van der Waals surface area contributed by atoms with Crippen molar-refractivity contribution in [1.29, 1.82) is 0 Å². The first-order valence-electron chi connectivity index (χ1n) is 1.88. The van der Waals surface area contributed by atoms with Crippen LogP contribution in [-0.2, 0) is 4.74 Å². The van der Waals surface area contributed by atoms with Gasteiger partial charge in [0.15, 0.2) is 4.67 Å². The highest BCUT2D eigenvalue weighted by Gasteiger charge is 1.78. The third kappa shape index (κ3) is 3.66. The molecule has 0 saturated carbocycles. The number of methoxy groups -OCH3 is 1. The standard InChI is InChI=1S/C4H8BrNO/c1-6-3-4(5)7-2/h3,6H,1-2H3/b4-3-. The molecule has 0 radical (unpaired) electrons.